The Kier molecular flexibility index (Phi) is 4.25. The van der Waals surface area contributed by atoms with Crippen molar-refractivity contribution in [2.45, 2.75) is 18.4 Å². The molecule has 1 aliphatic rings. The van der Waals surface area contributed by atoms with Gasteiger partial charge in [-0.3, -0.25) is 14.6 Å². The number of nitrogens with zero attached hydrogens (tertiary/aromatic N) is 2. The van der Waals surface area contributed by atoms with Crippen molar-refractivity contribution in [2.75, 3.05) is 20.3 Å². The molecule has 0 aliphatic carbocycles. The van der Waals surface area contributed by atoms with E-state index < -0.39 is 11.4 Å². The molecule has 2 amide bonds. The van der Waals surface area contributed by atoms with Crippen LogP contribution in [0.15, 0.2) is 18.5 Å². The van der Waals surface area contributed by atoms with Gasteiger partial charge in [-0.1, -0.05) is 11.6 Å². The first-order valence-electron chi connectivity index (χ1n) is 6.23. The highest BCUT2D eigenvalue weighted by Gasteiger charge is 2.49. The standard InChI is InChI=1S/C13H16ClN3O3/c1-20-8-13(12(15)19)4-2-6-17(13)11(18)9-3-5-16-7-10(9)14/h3,5,7H,2,4,6,8H2,1H3,(H2,15,19). The van der Waals surface area contributed by atoms with Gasteiger partial charge in [-0.05, 0) is 18.9 Å². The van der Waals surface area contributed by atoms with Crippen molar-refractivity contribution in [3.63, 3.8) is 0 Å². The third-order valence-corrected chi connectivity index (χ3v) is 3.88. The Hall–Kier alpha value is -1.66. The second-order valence-corrected chi connectivity index (χ2v) is 5.15. The zero-order chi connectivity index (χ0) is 14.8. The Labute approximate surface area is 121 Å². The summed E-state index contributed by atoms with van der Waals surface area (Å²) in [5.74, 6) is -0.888. The number of ether oxygens (including phenoxy) is 1. The van der Waals surface area contributed by atoms with E-state index in [0.717, 1.165) is 0 Å². The zero-order valence-electron chi connectivity index (χ0n) is 11.1. The third-order valence-electron chi connectivity index (χ3n) is 3.58. The Morgan fingerprint density at radius 1 is 1.60 bits per heavy atom. The molecule has 1 fully saturated rings. The molecular formula is C13H16ClN3O3. The zero-order valence-corrected chi connectivity index (χ0v) is 11.9. The molecule has 0 radical (unpaired) electrons. The van der Waals surface area contributed by atoms with Gasteiger partial charge in [-0.25, -0.2) is 0 Å². The molecular weight excluding hydrogens is 282 g/mol. The molecule has 0 bridgehead atoms. The van der Waals surface area contributed by atoms with Crippen LogP contribution in [-0.4, -0.2) is 47.5 Å². The smallest absolute Gasteiger partial charge is 0.256 e. The van der Waals surface area contributed by atoms with Crippen LogP contribution in [-0.2, 0) is 9.53 Å². The summed E-state index contributed by atoms with van der Waals surface area (Å²) >= 11 is 5.99. The summed E-state index contributed by atoms with van der Waals surface area (Å²) in [4.78, 5) is 29.8. The fourth-order valence-corrected chi connectivity index (χ4v) is 2.78. The fraction of sp³-hybridized carbons (Fsp3) is 0.462. The third kappa shape index (κ3) is 2.36. The number of nitrogens with two attached hydrogens (primary N) is 1. The highest BCUT2D eigenvalue weighted by molar-refractivity contribution is 6.33. The quantitative estimate of drug-likeness (QED) is 0.892. The van der Waals surface area contributed by atoms with E-state index in [1.165, 1.54) is 30.5 Å². The van der Waals surface area contributed by atoms with Gasteiger partial charge in [0.1, 0.15) is 5.54 Å². The lowest BCUT2D eigenvalue weighted by molar-refractivity contribution is -0.130. The van der Waals surface area contributed by atoms with E-state index in [0.29, 0.717) is 24.9 Å². The predicted octanol–water partition coefficient (Wildman–Crippen LogP) is 0.842. The number of hydrogen-bond donors (Lipinski definition) is 1. The number of aromatic nitrogens is 1. The van der Waals surface area contributed by atoms with E-state index in [1.54, 1.807) is 0 Å². The average molecular weight is 298 g/mol. The van der Waals surface area contributed by atoms with Gasteiger partial charge in [0.15, 0.2) is 0 Å². The lowest BCUT2D eigenvalue weighted by Gasteiger charge is -2.35. The molecule has 0 saturated carbocycles. The molecule has 108 valence electrons. The average Bonchev–Trinajstić information content (AvgIpc) is 2.84. The lowest BCUT2D eigenvalue weighted by atomic mass is 9.95. The number of carbonyl (C=O) groups is 2. The van der Waals surface area contributed by atoms with Crippen molar-refractivity contribution in [1.82, 2.24) is 9.88 Å². The van der Waals surface area contributed by atoms with E-state index in [4.69, 9.17) is 22.1 Å². The molecule has 2 N–H and O–H groups in total. The van der Waals surface area contributed by atoms with Crippen molar-refractivity contribution >= 4 is 23.4 Å². The van der Waals surface area contributed by atoms with Gasteiger partial charge in [-0.15, -0.1) is 0 Å². The molecule has 1 unspecified atom stereocenters. The van der Waals surface area contributed by atoms with Crippen LogP contribution in [0.1, 0.15) is 23.2 Å². The maximum Gasteiger partial charge on any atom is 0.256 e. The van der Waals surface area contributed by atoms with E-state index in [-0.39, 0.29) is 17.5 Å². The topological polar surface area (TPSA) is 85.5 Å². The molecule has 2 rings (SSSR count). The van der Waals surface area contributed by atoms with Crippen molar-refractivity contribution in [3.05, 3.63) is 29.0 Å². The monoisotopic (exact) mass is 297 g/mol. The maximum absolute atomic E-state index is 12.6. The highest BCUT2D eigenvalue weighted by atomic mass is 35.5. The Morgan fingerprint density at radius 3 is 2.95 bits per heavy atom. The molecule has 2 heterocycles. The SMILES string of the molecule is COCC1(C(N)=O)CCCN1C(=O)c1ccncc1Cl. The predicted molar refractivity (Wildman–Crippen MR) is 73.3 cm³/mol. The molecule has 1 aliphatic heterocycles. The normalized spacial score (nSPS) is 22.0. The summed E-state index contributed by atoms with van der Waals surface area (Å²) in [5.41, 5.74) is 4.72. The van der Waals surface area contributed by atoms with Crippen LogP contribution in [0, 0.1) is 0 Å². The van der Waals surface area contributed by atoms with Gasteiger partial charge in [-0.2, -0.15) is 0 Å². The van der Waals surface area contributed by atoms with Crippen LogP contribution >= 0.6 is 11.6 Å². The number of hydrogen-bond acceptors (Lipinski definition) is 4. The summed E-state index contributed by atoms with van der Waals surface area (Å²) in [5, 5.41) is 0.250. The first-order valence-corrected chi connectivity index (χ1v) is 6.61. The highest BCUT2D eigenvalue weighted by Crippen LogP contribution is 2.32. The van der Waals surface area contributed by atoms with Gasteiger partial charge in [0.25, 0.3) is 5.91 Å². The number of amides is 2. The van der Waals surface area contributed by atoms with Crippen molar-refractivity contribution in [3.8, 4) is 0 Å². The van der Waals surface area contributed by atoms with Gasteiger partial charge in [0, 0.05) is 26.0 Å². The Balaban J connectivity index is 2.38. The number of rotatable bonds is 4. The van der Waals surface area contributed by atoms with Crippen molar-refractivity contribution in [2.24, 2.45) is 5.73 Å². The van der Waals surface area contributed by atoms with Crippen LogP contribution in [0.25, 0.3) is 0 Å². The second kappa shape index (κ2) is 5.76. The maximum atomic E-state index is 12.6. The molecule has 0 spiro atoms. The van der Waals surface area contributed by atoms with Crippen molar-refractivity contribution in [1.29, 1.82) is 0 Å². The summed E-state index contributed by atoms with van der Waals surface area (Å²) in [6, 6.07) is 1.53. The molecule has 6 nitrogen and oxygen atoms in total. The molecule has 0 aromatic carbocycles. The summed E-state index contributed by atoms with van der Waals surface area (Å²) < 4.78 is 5.10. The number of pyridine rings is 1. The number of carbonyl (C=O) groups excluding carboxylic acids is 2. The number of likely N-dealkylation sites (tertiary alicyclic amines) is 1. The number of primary amides is 1. The van der Waals surface area contributed by atoms with E-state index in [2.05, 4.69) is 4.98 Å². The minimum Gasteiger partial charge on any atom is -0.382 e. The Bertz CT molecular complexity index is 537. The van der Waals surface area contributed by atoms with Gasteiger partial charge in [0.05, 0.1) is 17.2 Å². The van der Waals surface area contributed by atoms with E-state index >= 15 is 0 Å². The van der Waals surface area contributed by atoms with Gasteiger partial charge >= 0.3 is 0 Å². The molecule has 7 heteroatoms. The minimum absolute atomic E-state index is 0.0801. The second-order valence-electron chi connectivity index (χ2n) is 4.74. The van der Waals surface area contributed by atoms with E-state index in [9.17, 15) is 9.59 Å². The summed E-state index contributed by atoms with van der Waals surface area (Å²) in [6.45, 7) is 0.528. The first-order chi connectivity index (χ1) is 9.53. The summed E-state index contributed by atoms with van der Waals surface area (Å²) in [7, 11) is 1.48. The fourth-order valence-electron chi connectivity index (χ4n) is 2.58. The lowest BCUT2D eigenvalue weighted by Crippen LogP contribution is -2.58. The number of halogens is 1. The van der Waals surface area contributed by atoms with Crippen molar-refractivity contribution < 1.29 is 14.3 Å². The Morgan fingerprint density at radius 2 is 2.35 bits per heavy atom. The number of methoxy groups -OCH3 is 1. The molecule has 20 heavy (non-hydrogen) atoms. The van der Waals surface area contributed by atoms with Gasteiger partial charge in [0.2, 0.25) is 5.91 Å². The molecule has 1 saturated heterocycles. The summed E-state index contributed by atoms with van der Waals surface area (Å²) in [6.07, 6.45) is 4.07. The van der Waals surface area contributed by atoms with Crippen LogP contribution < -0.4 is 5.73 Å². The van der Waals surface area contributed by atoms with Crippen LogP contribution in [0.2, 0.25) is 5.02 Å². The molecule has 1 aromatic rings. The first kappa shape index (κ1) is 14.7. The van der Waals surface area contributed by atoms with E-state index in [1.807, 2.05) is 0 Å². The molecule has 1 atom stereocenters. The molecule has 1 aromatic heterocycles. The van der Waals surface area contributed by atoms with Crippen LogP contribution in [0.4, 0.5) is 0 Å². The largest absolute Gasteiger partial charge is 0.382 e. The van der Waals surface area contributed by atoms with Crippen LogP contribution in [0.5, 0.6) is 0 Å². The minimum atomic E-state index is -1.10. The van der Waals surface area contributed by atoms with Gasteiger partial charge < -0.3 is 15.4 Å². The van der Waals surface area contributed by atoms with Crippen LogP contribution in [0.3, 0.4) is 0 Å².